The number of carbonyl (C=O) groups is 1. The van der Waals surface area contributed by atoms with Gasteiger partial charge in [0.05, 0.1) is 0 Å². The van der Waals surface area contributed by atoms with E-state index in [0.717, 1.165) is 31.4 Å². The summed E-state index contributed by atoms with van der Waals surface area (Å²) < 4.78 is 5.22. The van der Waals surface area contributed by atoms with Crippen LogP contribution in [0.25, 0.3) is 0 Å². The van der Waals surface area contributed by atoms with Crippen LogP contribution in [0, 0.1) is 5.41 Å². The first-order valence-electron chi connectivity index (χ1n) is 8.30. The van der Waals surface area contributed by atoms with Crippen molar-refractivity contribution in [3.05, 3.63) is 35.9 Å². The number of rotatable bonds is 8. The van der Waals surface area contributed by atoms with Crippen LogP contribution in [0.5, 0.6) is 0 Å². The van der Waals surface area contributed by atoms with E-state index >= 15 is 0 Å². The molecule has 0 aliphatic heterocycles. The summed E-state index contributed by atoms with van der Waals surface area (Å²) in [6, 6.07) is 10.3. The number of carbonyl (C=O) groups excluding carboxylic acids is 1. The van der Waals surface area contributed by atoms with Crippen molar-refractivity contribution in [1.29, 1.82) is 0 Å². The van der Waals surface area contributed by atoms with Crippen molar-refractivity contribution >= 4 is 6.09 Å². The van der Waals surface area contributed by atoms with Crippen LogP contribution in [-0.2, 0) is 11.3 Å². The molecule has 0 heterocycles. The van der Waals surface area contributed by atoms with Crippen LogP contribution in [-0.4, -0.2) is 36.4 Å². The number of amides is 1. The van der Waals surface area contributed by atoms with E-state index in [2.05, 4.69) is 24.5 Å². The van der Waals surface area contributed by atoms with Crippen molar-refractivity contribution in [3.8, 4) is 0 Å². The van der Waals surface area contributed by atoms with Gasteiger partial charge in [-0.1, -0.05) is 44.2 Å². The Morgan fingerprint density at radius 2 is 1.96 bits per heavy atom. The van der Waals surface area contributed by atoms with Crippen molar-refractivity contribution in [3.63, 3.8) is 0 Å². The minimum Gasteiger partial charge on any atom is -0.445 e. The van der Waals surface area contributed by atoms with Crippen LogP contribution in [0.3, 0.4) is 0 Å². The number of aliphatic hydroxyl groups is 1. The van der Waals surface area contributed by atoms with E-state index in [0.29, 0.717) is 12.6 Å². The first-order valence-corrected chi connectivity index (χ1v) is 8.30. The van der Waals surface area contributed by atoms with Gasteiger partial charge >= 0.3 is 6.09 Å². The summed E-state index contributed by atoms with van der Waals surface area (Å²) in [5, 5.41) is 15.4. The number of nitrogens with one attached hydrogen (secondary N) is 2. The highest BCUT2D eigenvalue weighted by molar-refractivity contribution is 5.67. The predicted octanol–water partition coefficient (Wildman–Crippen LogP) is 2.44. The molecule has 23 heavy (non-hydrogen) atoms. The Kier molecular flexibility index (Phi) is 6.42. The van der Waals surface area contributed by atoms with Gasteiger partial charge in [0.15, 0.2) is 0 Å². The number of ether oxygens (including phenoxy) is 1. The van der Waals surface area contributed by atoms with Gasteiger partial charge in [-0.05, 0) is 30.2 Å². The van der Waals surface area contributed by atoms with E-state index in [1.165, 1.54) is 0 Å². The smallest absolute Gasteiger partial charge is 0.407 e. The van der Waals surface area contributed by atoms with Gasteiger partial charge in [0.2, 0.25) is 0 Å². The third kappa shape index (κ3) is 6.20. The first kappa shape index (κ1) is 17.8. The van der Waals surface area contributed by atoms with Crippen LogP contribution in [0.15, 0.2) is 30.3 Å². The zero-order valence-corrected chi connectivity index (χ0v) is 14.0. The van der Waals surface area contributed by atoms with E-state index in [1.807, 2.05) is 30.3 Å². The van der Waals surface area contributed by atoms with E-state index in [4.69, 9.17) is 9.84 Å². The molecule has 5 nitrogen and oxygen atoms in total. The van der Waals surface area contributed by atoms with Gasteiger partial charge in [0.1, 0.15) is 6.61 Å². The lowest BCUT2D eigenvalue weighted by atomic mass is 9.84. The lowest BCUT2D eigenvalue weighted by molar-refractivity contribution is 0.123. The number of aliphatic hydroxyl groups excluding tert-OH is 1. The minimum atomic E-state index is -0.349. The quantitative estimate of drug-likeness (QED) is 0.688. The standard InChI is InChI=1S/C18H28N2O3/c1-18(2,8-9-21)13-19-15-10-16(11-15)20-17(22)23-12-14-6-4-3-5-7-14/h3-7,15-16,19,21H,8-13H2,1-2H3,(H,20,22). The van der Waals surface area contributed by atoms with Crippen LogP contribution in [0.1, 0.15) is 38.7 Å². The monoisotopic (exact) mass is 320 g/mol. The summed E-state index contributed by atoms with van der Waals surface area (Å²) in [6.07, 6.45) is 2.30. The Morgan fingerprint density at radius 1 is 1.26 bits per heavy atom. The van der Waals surface area contributed by atoms with Crippen molar-refractivity contribution in [2.75, 3.05) is 13.2 Å². The van der Waals surface area contributed by atoms with E-state index in [9.17, 15) is 4.79 Å². The maximum absolute atomic E-state index is 11.7. The van der Waals surface area contributed by atoms with Gasteiger partial charge in [-0.2, -0.15) is 0 Å². The Balaban J connectivity index is 1.58. The van der Waals surface area contributed by atoms with Gasteiger partial charge in [-0.3, -0.25) is 0 Å². The fourth-order valence-corrected chi connectivity index (χ4v) is 2.65. The molecule has 1 aliphatic rings. The zero-order chi connectivity index (χ0) is 16.7. The van der Waals surface area contributed by atoms with Crippen LogP contribution in [0.2, 0.25) is 0 Å². The van der Waals surface area contributed by atoms with Gasteiger partial charge in [0.25, 0.3) is 0 Å². The van der Waals surface area contributed by atoms with Gasteiger partial charge < -0.3 is 20.5 Å². The highest BCUT2D eigenvalue weighted by Crippen LogP contribution is 2.23. The highest BCUT2D eigenvalue weighted by Gasteiger charge is 2.31. The molecule has 1 amide bonds. The van der Waals surface area contributed by atoms with Crippen molar-refractivity contribution in [1.82, 2.24) is 10.6 Å². The van der Waals surface area contributed by atoms with Crippen molar-refractivity contribution < 1.29 is 14.6 Å². The van der Waals surface area contributed by atoms with E-state index < -0.39 is 0 Å². The molecule has 3 N–H and O–H groups in total. The molecule has 0 bridgehead atoms. The summed E-state index contributed by atoms with van der Waals surface area (Å²) in [7, 11) is 0. The molecule has 0 saturated heterocycles. The third-order valence-corrected chi connectivity index (χ3v) is 4.33. The lowest BCUT2D eigenvalue weighted by Gasteiger charge is -2.38. The molecular formula is C18H28N2O3. The second-order valence-corrected chi connectivity index (χ2v) is 7.09. The topological polar surface area (TPSA) is 70.6 Å². The molecule has 1 aromatic carbocycles. The van der Waals surface area contributed by atoms with Crippen LogP contribution in [0.4, 0.5) is 4.79 Å². The van der Waals surface area contributed by atoms with Crippen LogP contribution >= 0.6 is 0 Å². The molecule has 0 radical (unpaired) electrons. The third-order valence-electron chi connectivity index (χ3n) is 4.33. The Bertz CT molecular complexity index is 484. The molecule has 0 unspecified atom stereocenters. The fraction of sp³-hybridized carbons (Fsp3) is 0.611. The molecule has 1 aliphatic carbocycles. The molecule has 5 heteroatoms. The lowest BCUT2D eigenvalue weighted by Crippen LogP contribution is -2.53. The maximum atomic E-state index is 11.7. The molecular weight excluding hydrogens is 292 g/mol. The van der Waals surface area contributed by atoms with Gasteiger partial charge in [-0.15, -0.1) is 0 Å². The zero-order valence-electron chi connectivity index (χ0n) is 14.0. The molecule has 0 atom stereocenters. The predicted molar refractivity (Wildman–Crippen MR) is 90.1 cm³/mol. The Labute approximate surface area is 138 Å². The summed E-state index contributed by atoms with van der Waals surface area (Å²) in [4.78, 5) is 11.7. The summed E-state index contributed by atoms with van der Waals surface area (Å²) in [6.45, 7) is 5.69. The molecule has 128 valence electrons. The molecule has 0 aromatic heterocycles. The fourth-order valence-electron chi connectivity index (χ4n) is 2.65. The largest absolute Gasteiger partial charge is 0.445 e. The molecule has 1 saturated carbocycles. The first-order chi connectivity index (χ1) is 11.0. The molecule has 2 rings (SSSR count). The normalized spacial score (nSPS) is 20.7. The van der Waals surface area contributed by atoms with Gasteiger partial charge in [-0.25, -0.2) is 4.79 Å². The van der Waals surface area contributed by atoms with Crippen molar-refractivity contribution in [2.24, 2.45) is 5.41 Å². The Hall–Kier alpha value is -1.59. The average molecular weight is 320 g/mol. The SMILES string of the molecule is CC(C)(CCO)CNC1CC(NC(=O)OCc2ccccc2)C1. The summed E-state index contributed by atoms with van der Waals surface area (Å²) >= 11 is 0. The maximum Gasteiger partial charge on any atom is 0.407 e. The highest BCUT2D eigenvalue weighted by atomic mass is 16.5. The van der Waals surface area contributed by atoms with E-state index in [1.54, 1.807) is 0 Å². The number of alkyl carbamates (subject to hydrolysis) is 1. The van der Waals surface area contributed by atoms with Gasteiger partial charge in [0, 0.05) is 25.2 Å². The number of benzene rings is 1. The summed E-state index contributed by atoms with van der Waals surface area (Å²) in [5.41, 5.74) is 1.09. The summed E-state index contributed by atoms with van der Waals surface area (Å²) in [5.74, 6) is 0. The van der Waals surface area contributed by atoms with Crippen molar-refractivity contribution in [2.45, 2.75) is 51.8 Å². The second-order valence-electron chi connectivity index (χ2n) is 7.09. The number of hydrogen-bond donors (Lipinski definition) is 3. The Morgan fingerprint density at radius 3 is 2.61 bits per heavy atom. The number of hydrogen-bond acceptors (Lipinski definition) is 4. The molecule has 0 spiro atoms. The second kappa shape index (κ2) is 8.31. The van der Waals surface area contributed by atoms with E-state index in [-0.39, 0.29) is 24.2 Å². The molecule has 1 fully saturated rings. The minimum absolute atomic E-state index is 0.0991. The average Bonchev–Trinajstić information content (AvgIpc) is 2.48. The molecule has 1 aromatic rings. The van der Waals surface area contributed by atoms with Crippen LogP contribution < -0.4 is 10.6 Å².